The minimum atomic E-state index is -3.18. The maximum Gasteiger partial charge on any atom is 0.250 e. The summed E-state index contributed by atoms with van der Waals surface area (Å²) >= 11 is 0. The molecule has 1 N–H and O–H groups in total. The van der Waals surface area contributed by atoms with Gasteiger partial charge in [-0.1, -0.05) is 13.0 Å². The fourth-order valence-corrected chi connectivity index (χ4v) is 4.63. The van der Waals surface area contributed by atoms with Gasteiger partial charge in [0.05, 0.1) is 5.75 Å². The quantitative estimate of drug-likeness (QED) is 0.861. The highest BCUT2D eigenvalue weighted by Gasteiger charge is 2.27. The Kier molecular flexibility index (Phi) is 4.41. The monoisotopic (exact) mass is 324 g/mol. The second-order valence-electron chi connectivity index (χ2n) is 6.57. The SMILES string of the molecule is CCCS(=O)(=O)N[C@@H]1CCc2c(ccc(=O)n2CC2CC2)C1. The molecule has 1 fully saturated rings. The normalized spacial score (nSPS) is 21.6. The predicted molar refractivity (Wildman–Crippen MR) is 86.5 cm³/mol. The molecule has 122 valence electrons. The van der Waals surface area contributed by atoms with Crippen LogP contribution in [-0.4, -0.2) is 24.8 Å². The Bertz CT molecular complexity index is 705. The molecule has 2 aliphatic carbocycles. The fourth-order valence-electron chi connectivity index (χ4n) is 3.27. The van der Waals surface area contributed by atoms with Gasteiger partial charge in [-0.15, -0.1) is 0 Å². The van der Waals surface area contributed by atoms with E-state index in [4.69, 9.17) is 0 Å². The molecule has 1 atom stereocenters. The first kappa shape index (κ1) is 15.7. The molecule has 0 aromatic carbocycles. The molecule has 6 heteroatoms. The zero-order valence-electron chi connectivity index (χ0n) is 13.0. The molecular formula is C16H24N2O3S. The summed E-state index contributed by atoms with van der Waals surface area (Å²) in [5.41, 5.74) is 2.32. The highest BCUT2D eigenvalue weighted by Crippen LogP contribution is 2.31. The summed E-state index contributed by atoms with van der Waals surface area (Å²) < 4.78 is 28.6. The van der Waals surface area contributed by atoms with Crippen molar-refractivity contribution in [2.75, 3.05) is 5.75 Å². The van der Waals surface area contributed by atoms with E-state index in [-0.39, 0.29) is 17.4 Å². The van der Waals surface area contributed by atoms with Gasteiger partial charge in [0, 0.05) is 24.3 Å². The Labute approximate surface area is 131 Å². The van der Waals surface area contributed by atoms with E-state index in [2.05, 4.69) is 4.72 Å². The van der Waals surface area contributed by atoms with Crippen LogP contribution in [0.3, 0.4) is 0 Å². The van der Waals surface area contributed by atoms with Gasteiger partial charge in [0.25, 0.3) is 5.56 Å². The Morgan fingerprint density at radius 2 is 2.05 bits per heavy atom. The lowest BCUT2D eigenvalue weighted by molar-refractivity contribution is 0.477. The van der Waals surface area contributed by atoms with Crippen LogP contribution < -0.4 is 10.3 Å². The third kappa shape index (κ3) is 3.60. The summed E-state index contributed by atoms with van der Waals surface area (Å²) in [6.07, 6.45) is 5.29. The van der Waals surface area contributed by atoms with Crippen LogP contribution in [0.15, 0.2) is 16.9 Å². The molecule has 1 aromatic heterocycles. The number of hydrogen-bond donors (Lipinski definition) is 1. The first-order valence-corrected chi connectivity index (χ1v) is 9.85. The van der Waals surface area contributed by atoms with E-state index < -0.39 is 10.0 Å². The first-order chi connectivity index (χ1) is 10.5. The zero-order chi connectivity index (χ0) is 15.7. The summed E-state index contributed by atoms with van der Waals surface area (Å²) in [6, 6.07) is 3.46. The van der Waals surface area contributed by atoms with E-state index in [0.29, 0.717) is 18.8 Å². The molecule has 1 aromatic rings. The number of rotatable bonds is 6. The predicted octanol–water partition coefficient (Wildman–Crippen LogP) is 1.44. The van der Waals surface area contributed by atoms with Crippen LogP contribution in [0.1, 0.15) is 43.9 Å². The van der Waals surface area contributed by atoms with Crippen molar-refractivity contribution in [2.45, 2.75) is 58.0 Å². The molecular weight excluding hydrogens is 300 g/mol. The van der Waals surface area contributed by atoms with Gasteiger partial charge in [-0.05, 0) is 50.0 Å². The van der Waals surface area contributed by atoms with Crippen molar-refractivity contribution in [2.24, 2.45) is 5.92 Å². The minimum Gasteiger partial charge on any atom is -0.312 e. The van der Waals surface area contributed by atoms with Crippen LogP contribution in [-0.2, 0) is 29.4 Å². The average Bonchev–Trinajstić information content (AvgIpc) is 3.25. The van der Waals surface area contributed by atoms with E-state index in [1.54, 1.807) is 6.07 Å². The molecule has 0 radical (unpaired) electrons. The van der Waals surface area contributed by atoms with Crippen molar-refractivity contribution >= 4 is 10.0 Å². The second-order valence-corrected chi connectivity index (χ2v) is 8.45. The van der Waals surface area contributed by atoms with Crippen LogP contribution in [0.5, 0.6) is 0 Å². The highest BCUT2D eigenvalue weighted by atomic mass is 32.2. The molecule has 22 heavy (non-hydrogen) atoms. The van der Waals surface area contributed by atoms with Crippen molar-refractivity contribution in [3.63, 3.8) is 0 Å². The molecule has 3 rings (SSSR count). The van der Waals surface area contributed by atoms with E-state index in [1.165, 1.54) is 12.8 Å². The maximum absolute atomic E-state index is 12.1. The van der Waals surface area contributed by atoms with E-state index in [9.17, 15) is 13.2 Å². The third-order valence-electron chi connectivity index (χ3n) is 4.54. The minimum absolute atomic E-state index is 0.0454. The zero-order valence-corrected chi connectivity index (χ0v) is 13.9. The number of nitrogens with one attached hydrogen (secondary N) is 1. The van der Waals surface area contributed by atoms with Crippen LogP contribution in [0, 0.1) is 5.92 Å². The molecule has 0 aliphatic heterocycles. The van der Waals surface area contributed by atoms with Gasteiger partial charge in [-0.2, -0.15) is 0 Å². The Balaban J connectivity index is 1.77. The lowest BCUT2D eigenvalue weighted by Gasteiger charge is -2.27. The number of fused-ring (bicyclic) bond motifs is 1. The summed E-state index contributed by atoms with van der Waals surface area (Å²) in [5, 5.41) is 0. The van der Waals surface area contributed by atoms with Gasteiger partial charge in [-0.3, -0.25) is 4.79 Å². The second kappa shape index (κ2) is 6.16. The topological polar surface area (TPSA) is 68.2 Å². The van der Waals surface area contributed by atoms with Crippen molar-refractivity contribution in [1.29, 1.82) is 0 Å². The summed E-state index contributed by atoms with van der Waals surface area (Å²) in [4.78, 5) is 12.1. The number of hydrogen-bond acceptors (Lipinski definition) is 3. The highest BCUT2D eigenvalue weighted by molar-refractivity contribution is 7.89. The van der Waals surface area contributed by atoms with E-state index >= 15 is 0 Å². The van der Waals surface area contributed by atoms with Crippen molar-refractivity contribution < 1.29 is 8.42 Å². The molecule has 1 heterocycles. The molecule has 5 nitrogen and oxygen atoms in total. The van der Waals surface area contributed by atoms with Gasteiger partial charge in [0.1, 0.15) is 0 Å². The first-order valence-electron chi connectivity index (χ1n) is 8.20. The fraction of sp³-hybridized carbons (Fsp3) is 0.688. The Morgan fingerprint density at radius 3 is 2.73 bits per heavy atom. The van der Waals surface area contributed by atoms with Crippen molar-refractivity contribution in [3.8, 4) is 0 Å². The third-order valence-corrected chi connectivity index (χ3v) is 6.18. The van der Waals surface area contributed by atoms with E-state index in [1.807, 2.05) is 17.6 Å². The van der Waals surface area contributed by atoms with Crippen LogP contribution in [0.2, 0.25) is 0 Å². The van der Waals surface area contributed by atoms with E-state index in [0.717, 1.165) is 30.6 Å². The number of aromatic nitrogens is 1. The van der Waals surface area contributed by atoms with Crippen LogP contribution in [0.25, 0.3) is 0 Å². The van der Waals surface area contributed by atoms with Gasteiger partial charge in [0.15, 0.2) is 0 Å². The van der Waals surface area contributed by atoms with Gasteiger partial charge in [-0.25, -0.2) is 13.1 Å². The van der Waals surface area contributed by atoms with Crippen molar-refractivity contribution in [1.82, 2.24) is 9.29 Å². The van der Waals surface area contributed by atoms with Gasteiger partial charge < -0.3 is 4.57 Å². The van der Waals surface area contributed by atoms with Crippen LogP contribution in [0.4, 0.5) is 0 Å². The molecule has 0 bridgehead atoms. The number of pyridine rings is 1. The largest absolute Gasteiger partial charge is 0.312 e. The Hall–Kier alpha value is -1.14. The summed E-state index contributed by atoms with van der Waals surface area (Å²) in [5.74, 6) is 0.835. The van der Waals surface area contributed by atoms with Gasteiger partial charge >= 0.3 is 0 Å². The van der Waals surface area contributed by atoms with Crippen LogP contribution >= 0.6 is 0 Å². The lowest BCUT2D eigenvalue weighted by atomic mass is 9.92. The molecule has 1 saturated carbocycles. The van der Waals surface area contributed by atoms with Crippen molar-refractivity contribution in [3.05, 3.63) is 33.7 Å². The Morgan fingerprint density at radius 1 is 1.27 bits per heavy atom. The molecule has 0 spiro atoms. The number of nitrogens with zero attached hydrogens (tertiary/aromatic N) is 1. The molecule has 0 amide bonds. The average molecular weight is 324 g/mol. The molecule has 0 saturated heterocycles. The number of sulfonamides is 1. The lowest BCUT2D eigenvalue weighted by Crippen LogP contribution is -2.41. The molecule has 0 unspecified atom stereocenters. The smallest absolute Gasteiger partial charge is 0.250 e. The summed E-state index contributed by atoms with van der Waals surface area (Å²) in [6.45, 7) is 2.69. The summed E-state index contributed by atoms with van der Waals surface area (Å²) in [7, 11) is -3.18. The standard InChI is InChI=1S/C16H24N2O3S/c1-2-9-22(20,21)17-14-6-7-15-13(10-14)5-8-16(19)18(15)11-12-3-4-12/h5,8,12,14,17H,2-4,6-7,9-11H2,1H3/t14-/m1/s1. The maximum atomic E-state index is 12.1. The molecule has 2 aliphatic rings. The van der Waals surface area contributed by atoms with Gasteiger partial charge in [0.2, 0.25) is 10.0 Å².